The highest BCUT2D eigenvalue weighted by Crippen LogP contribution is 2.17. The van der Waals surface area contributed by atoms with Crippen LogP contribution in [0.2, 0.25) is 0 Å². The molecule has 5 heteroatoms. The van der Waals surface area contributed by atoms with Crippen LogP contribution in [0.4, 0.5) is 0 Å². The van der Waals surface area contributed by atoms with Gasteiger partial charge in [0.25, 0.3) is 5.91 Å². The van der Waals surface area contributed by atoms with Crippen molar-refractivity contribution in [1.82, 2.24) is 5.32 Å². The molecule has 0 radical (unpaired) electrons. The average Bonchev–Trinajstić information content (AvgIpc) is 2.71. The Balaban J connectivity index is 1.60. The zero-order valence-corrected chi connectivity index (χ0v) is 15.1. The highest BCUT2D eigenvalue weighted by Gasteiger charge is 2.17. The third-order valence-electron chi connectivity index (χ3n) is 4.45. The van der Waals surface area contributed by atoms with Gasteiger partial charge in [-0.2, -0.15) is 0 Å². The van der Waals surface area contributed by atoms with E-state index in [0.717, 1.165) is 24.2 Å². The number of methoxy groups -OCH3 is 1. The van der Waals surface area contributed by atoms with Gasteiger partial charge in [0.05, 0.1) is 33.0 Å². The smallest absolute Gasteiger partial charge is 0.251 e. The molecule has 0 bridgehead atoms. The van der Waals surface area contributed by atoms with Crippen molar-refractivity contribution in [3.8, 4) is 5.75 Å². The van der Waals surface area contributed by atoms with E-state index in [9.17, 15) is 4.79 Å². The maximum absolute atomic E-state index is 12.6. The Kier molecular flexibility index (Phi) is 6.63. The molecule has 26 heavy (non-hydrogen) atoms. The summed E-state index contributed by atoms with van der Waals surface area (Å²) in [5.41, 5.74) is 2.94. The standard InChI is InChI=1S/C21H25NO4/c1-24-18-7-4-5-16(13-18)9-10-17-6-2-3-8-20(17)21(23)22-14-19-15-25-11-12-26-19/h2-8,13,19H,9-12,14-15H2,1H3,(H,22,23)/t19-/m1/s1. The summed E-state index contributed by atoms with van der Waals surface area (Å²) in [7, 11) is 1.67. The molecule has 138 valence electrons. The molecule has 1 saturated heterocycles. The van der Waals surface area contributed by atoms with Gasteiger partial charge in [0.1, 0.15) is 5.75 Å². The largest absolute Gasteiger partial charge is 0.497 e. The molecule has 3 rings (SSSR count). The van der Waals surface area contributed by atoms with E-state index in [0.29, 0.717) is 31.9 Å². The number of amides is 1. The van der Waals surface area contributed by atoms with E-state index in [1.165, 1.54) is 5.56 Å². The van der Waals surface area contributed by atoms with E-state index in [-0.39, 0.29) is 12.0 Å². The maximum atomic E-state index is 12.6. The van der Waals surface area contributed by atoms with Crippen LogP contribution in [0.15, 0.2) is 48.5 Å². The van der Waals surface area contributed by atoms with E-state index in [2.05, 4.69) is 11.4 Å². The molecule has 0 aliphatic carbocycles. The molecule has 0 spiro atoms. The molecule has 0 saturated carbocycles. The number of hydrogen-bond acceptors (Lipinski definition) is 4. The van der Waals surface area contributed by atoms with Crippen molar-refractivity contribution < 1.29 is 19.0 Å². The molecule has 1 aliphatic rings. The number of rotatable bonds is 7. The molecule has 1 atom stereocenters. The van der Waals surface area contributed by atoms with Crippen molar-refractivity contribution in [3.05, 3.63) is 65.2 Å². The van der Waals surface area contributed by atoms with E-state index < -0.39 is 0 Å². The van der Waals surface area contributed by atoms with Crippen LogP contribution in [0.25, 0.3) is 0 Å². The first kappa shape index (κ1) is 18.4. The van der Waals surface area contributed by atoms with Crippen LogP contribution in [0.3, 0.4) is 0 Å². The Labute approximate surface area is 154 Å². The van der Waals surface area contributed by atoms with E-state index in [1.54, 1.807) is 7.11 Å². The van der Waals surface area contributed by atoms with Gasteiger partial charge >= 0.3 is 0 Å². The molecular weight excluding hydrogens is 330 g/mol. The third kappa shape index (κ3) is 5.07. The molecule has 0 aromatic heterocycles. The van der Waals surface area contributed by atoms with E-state index in [4.69, 9.17) is 14.2 Å². The zero-order valence-electron chi connectivity index (χ0n) is 15.1. The summed E-state index contributed by atoms with van der Waals surface area (Å²) in [6.07, 6.45) is 1.57. The summed E-state index contributed by atoms with van der Waals surface area (Å²) >= 11 is 0. The second-order valence-corrected chi connectivity index (χ2v) is 6.29. The fraction of sp³-hybridized carbons (Fsp3) is 0.381. The highest BCUT2D eigenvalue weighted by atomic mass is 16.6. The topological polar surface area (TPSA) is 56.8 Å². The number of aryl methyl sites for hydroxylation is 2. The summed E-state index contributed by atoms with van der Waals surface area (Å²) in [4.78, 5) is 12.6. The first-order valence-electron chi connectivity index (χ1n) is 8.94. The molecule has 1 aliphatic heterocycles. The highest BCUT2D eigenvalue weighted by molar-refractivity contribution is 5.95. The molecule has 1 heterocycles. The first-order chi connectivity index (χ1) is 12.8. The van der Waals surface area contributed by atoms with Crippen molar-refractivity contribution in [2.24, 2.45) is 0 Å². The fourth-order valence-corrected chi connectivity index (χ4v) is 3.02. The average molecular weight is 355 g/mol. The Bertz CT molecular complexity index is 725. The van der Waals surface area contributed by atoms with Crippen molar-refractivity contribution in [1.29, 1.82) is 0 Å². The predicted octanol–water partition coefficient (Wildman–Crippen LogP) is 2.63. The minimum atomic E-state index is -0.0726. The molecule has 1 amide bonds. The van der Waals surface area contributed by atoms with Crippen molar-refractivity contribution in [3.63, 3.8) is 0 Å². The van der Waals surface area contributed by atoms with Gasteiger partial charge in [-0.05, 0) is 42.2 Å². The summed E-state index contributed by atoms with van der Waals surface area (Å²) in [5.74, 6) is 0.781. The Hall–Kier alpha value is -2.37. The second-order valence-electron chi connectivity index (χ2n) is 6.29. The zero-order chi connectivity index (χ0) is 18.2. The van der Waals surface area contributed by atoms with Crippen molar-refractivity contribution in [2.75, 3.05) is 33.5 Å². The number of carbonyl (C=O) groups is 1. The van der Waals surface area contributed by atoms with Crippen LogP contribution >= 0.6 is 0 Å². The van der Waals surface area contributed by atoms with Crippen LogP contribution in [0, 0.1) is 0 Å². The van der Waals surface area contributed by atoms with Gasteiger partial charge in [0, 0.05) is 12.1 Å². The molecule has 1 fully saturated rings. The lowest BCUT2D eigenvalue weighted by atomic mass is 9.99. The normalized spacial score (nSPS) is 16.9. The van der Waals surface area contributed by atoms with Crippen molar-refractivity contribution in [2.45, 2.75) is 18.9 Å². The number of hydrogen-bond donors (Lipinski definition) is 1. The van der Waals surface area contributed by atoms with Gasteiger partial charge in [0.2, 0.25) is 0 Å². The summed E-state index contributed by atoms with van der Waals surface area (Å²) in [5, 5.41) is 2.96. The lowest BCUT2D eigenvalue weighted by Gasteiger charge is -2.23. The number of ether oxygens (including phenoxy) is 3. The predicted molar refractivity (Wildman–Crippen MR) is 99.7 cm³/mol. The number of benzene rings is 2. The first-order valence-corrected chi connectivity index (χ1v) is 8.94. The maximum Gasteiger partial charge on any atom is 0.251 e. The summed E-state index contributed by atoms with van der Waals surface area (Å²) in [6.45, 7) is 2.19. The van der Waals surface area contributed by atoms with E-state index >= 15 is 0 Å². The van der Waals surface area contributed by atoms with Crippen LogP contribution < -0.4 is 10.1 Å². The SMILES string of the molecule is COc1cccc(CCc2ccccc2C(=O)NC[C@@H]2COCCO2)c1. The number of nitrogens with one attached hydrogen (secondary N) is 1. The Morgan fingerprint density at radius 2 is 2.04 bits per heavy atom. The van der Waals surface area contributed by atoms with Gasteiger partial charge in [-0.1, -0.05) is 30.3 Å². The minimum Gasteiger partial charge on any atom is -0.497 e. The summed E-state index contributed by atoms with van der Waals surface area (Å²) in [6, 6.07) is 15.8. The second kappa shape index (κ2) is 9.36. The van der Waals surface area contributed by atoms with Crippen LogP contribution in [-0.2, 0) is 22.3 Å². The Morgan fingerprint density at radius 1 is 1.15 bits per heavy atom. The number of carbonyl (C=O) groups excluding carboxylic acids is 1. The summed E-state index contributed by atoms with van der Waals surface area (Å²) < 4.78 is 16.2. The monoisotopic (exact) mass is 355 g/mol. The van der Waals surface area contributed by atoms with Gasteiger partial charge in [0.15, 0.2) is 0 Å². The lowest BCUT2D eigenvalue weighted by Crippen LogP contribution is -2.39. The molecule has 2 aromatic carbocycles. The van der Waals surface area contributed by atoms with Gasteiger partial charge in [-0.3, -0.25) is 4.79 Å². The fourth-order valence-electron chi connectivity index (χ4n) is 3.02. The lowest BCUT2D eigenvalue weighted by molar-refractivity contribution is -0.0855. The van der Waals surface area contributed by atoms with Crippen LogP contribution in [-0.4, -0.2) is 45.5 Å². The van der Waals surface area contributed by atoms with Gasteiger partial charge in [-0.25, -0.2) is 0 Å². The molecule has 1 N–H and O–H groups in total. The van der Waals surface area contributed by atoms with Gasteiger partial charge < -0.3 is 19.5 Å². The van der Waals surface area contributed by atoms with Crippen molar-refractivity contribution >= 4 is 5.91 Å². The molecule has 5 nitrogen and oxygen atoms in total. The Morgan fingerprint density at radius 3 is 2.85 bits per heavy atom. The molecular formula is C21H25NO4. The van der Waals surface area contributed by atoms with Crippen LogP contribution in [0.1, 0.15) is 21.5 Å². The van der Waals surface area contributed by atoms with Gasteiger partial charge in [-0.15, -0.1) is 0 Å². The third-order valence-corrected chi connectivity index (χ3v) is 4.45. The molecule has 2 aromatic rings. The van der Waals surface area contributed by atoms with Crippen LogP contribution in [0.5, 0.6) is 5.75 Å². The molecule has 0 unspecified atom stereocenters. The minimum absolute atomic E-state index is 0.0691. The quantitative estimate of drug-likeness (QED) is 0.830. The van der Waals surface area contributed by atoms with E-state index in [1.807, 2.05) is 42.5 Å².